The molecule has 2 aromatic carbocycles. The fourth-order valence-electron chi connectivity index (χ4n) is 3.06. The van der Waals surface area contributed by atoms with Gasteiger partial charge >= 0.3 is 0 Å². The van der Waals surface area contributed by atoms with Crippen LogP contribution in [0.15, 0.2) is 42.2 Å². The molecule has 0 saturated heterocycles. The minimum Gasteiger partial charge on any atom is -0.477 e. The second-order valence-corrected chi connectivity index (χ2v) is 13.3. The maximum atomic E-state index is 6.09. The largest absolute Gasteiger partial charge is 0.477 e. The molecule has 0 spiro atoms. The Bertz CT molecular complexity index is 782. The number of benzene rings is 2. The summed E-state index contributed by atoms with van der Waals surface area (Å²) in [4.78, 5) is 0. The van der Waals surface area contributed by atoms with Crippen molar-refractivity contribution in [3.05, 3.63) is 53.3 Å². The first-order valence-electron chi connectivity index (χ1n) is 10.1. The maximum Gasteiger partial charge on any atom is 0.153 e. The second-order valence-electron chi connectivity index (χ2n) is 7.80. The first kappa shape index (κ1) is 28.2. The van der Waals surface area contributed by atoms with E-state index in [1.54, 1.807) is 0 Å². The van der Waals surface area contributed by atoms with Gasteiger partial charge < -0.3 is 9.47 Å². The van der Waals surface area contributed by atoms with Gasteiger partial charge in [-0.05, 0) is 144 Å². The zero-order valence-electron chi connectivity index (χ0n) is 17.9. The molecule has 0 N–H and O–H groups in total. The molecule has 172 valence electrons. The van der Waals surface area contributed by atoms with Gasteiger partial charge in [0.05, 0.1) is 17.9 Å². The first-order chi connectivity index (χ1) is 14.5. The molecule has 0 bridgehead atoms. The van der Waals surface area contributed by atoms with Crippen molar-refractivity contribution >= 4 is 95.6 Å². The summed E-state index contributed by atoms with van der Waals surface area (Å²) in [5.41, 5.74) is 2.08. The van der Waals surface area contributed by atoms with Crippen molar-refractivity contribution in [2.45, 2.75) is 68.8 Å². The lowest BCUT2D eigenvalue weighted by Crippen LogP contribution is -2.20. The van der Waals surface area contributed by atoms with E-state index in [4.69, 9.17) is 9.47 Å². The van der Waals surface area contributed by atoms with Gasteiger partial charge in [-0.2, -0.15) is 0 Å². The molecular formula is C23H26Br6O2. The molecule has 0 heterocycles. The highest BCUT2D eigenvalue weighted by Gasteiger charge is 2.28. The molecule has 0 aliphatic heterocycles. The molecule has 2 unspecified atom stereocenters. The van der Waals surface area contributed by atoms with Crippen LogP contribution in [0.1, 0.15) is 64.5 Å². The third-order valence-electron chi connectivity index (χ3n) is 4.96. The Morgan fingerprint density at radius 3 is 1.23 bits per heavy atom. The van der Waals surface area contributed by atoms with Crippen molar-refractivity contribution in [1.29, 1.82) is 0 Å². The average Bonchev–Trinajstić information content (AvgIpc) is 2.67. The van der Waals surface area contributed by atoms with Crippen LogP contribution in [0.2, 0.25) is 0 Å². The Labute approximate surface area is 236 Å². The predicted octanol–water partition coefficient (Wildman–Crippen LogP) is 10.9. The van der Waals surface area contributed by atoms with E-state index in [1.165, 1.54) is 0 Å². The summed E-state index contributed by atoms with van der Waals surface area (Å²) in [6.45, 7) is 8.71. The van der Waals surface area contributed by atoms with Crippen LogP contribution in [-0.2, 0) is 5.41 Å². The fourth-order valence-corrected chi connectivity index (χ4v) is 7.10. The van der Waals surface area contributed by atoms with Crippen molar-refractivity contribution in [3.8, 4) is 11.5 Å². The molecule has 2 rings (SSSR count). The van der Waals surface area contributed by atoms with E-state index >= 15 is 0 Å². The number of hydrogen-bond donors (Lipinski definition) is 0. The SMILES string of the molecule is CCCC(Br)Oc1c(Br)cc(C(C)(C)c2cc(Br)c(OC(Br)CCC)c(Br)c2)cc1Br. The third kappa shape index (κ3) is 7.45. The van der Waals surface area contributed by atoms with Gasteiger partial charge in [0.25, 0.3) is 0 Å². The molecule has 2 atom stereocenters. The molecule has 2 aromatic rings. The van der Waals surface area contributed by atoms with E-state index in [1.807, 2.05) is 0 Å². The summed E-state index contributed by atoms with van der Waals surface area (Å²) >= 11 is 22.0. The van der Waals surface area contributed by atoms with Crippen molar-refractivity contribution in [2.75, 3.05) is 0 Å². The Hall–Kier alpha value is 0.920. The van der Waals surface area contributed by atoms with E-state index in [-0.39, 0.29) is 15.4 Å². The summed E-state index contributed by atoms with van der Waals surface area (Å²) in [5.74, 6) is 1.61. The van der Waals surface area contributed by atoms with Crippen LogP contribution in [0.25, 0.3) is 0 Å². The van der Waals surface area contributed by atoms with E-state index < -0.39 is 0 Å². The highest BCUT2D eigenvalue weighted by Crippen LogP contribution is 2.44. The molecule has 0 aromatic heterocycles. The number of alkyl halides is 2. The van der Waals surface area contributed by atoms with Crippen LogP contribution < -0.4 is 9.47 Å². The Balaban J connectivity index is 2.38. The molecule has 31 heavy (non-hydrogen) atoms. The molecule has 0 aliphatic carbocycles. The number of rotatable bonds is 10. The fraction of sp³-hybridized carbons (Fsp3) is 0.478. The topological polar surface area (TPSA) is 18.5 Å². The quantitative estimate of drug-likeness (QED) is 0.223. The zero-order chi connectivity index (χ0) is 23.3. The Morgan fingerprint density at radius 1 is 0.677 bits per heavy atom. The normalized spacial score (nSPS) is 13.7. The van der Waals surface area contributed by atoms with Crippen LogP contribution in [0.5, 0.6) is 11.5 Å². The molecular weight excluding hydrogens is 788 g/mol. The van der Waals surface area contributed by atoms with E-state index in [0.717, 1.165) is 66.2 Å². The molecule has 8 heteroatoms. The molecule has 2 nitrogen and oxygen atoms in total. The lowest BCUT2D eigenvalue weighted by molar-refractivity contribution is 0.278. The monoisotopic (exact) mass is 808 g/mol. The van der Waals surface area contributed by atoms with Crippen LogP contribution in [0.3, 0.4) is 0 Å². The van der Waals surface area contributed by atoms with Gasteiger partial charge in [0.2, 0.25) is 0 Å². The summed E-state index contributed by atoms with van der Waals surface area (Å²) in [7, 11) is 0. The smallest absolute Gasteiger partial charge is 0.153 e. The van der Waals surface area contributed by atoms with E-state index in [2.05, 4.69) is 148 Å². The molecule has 0 fully saturated rings. The maximum absolute atomic E-state index is 6.09. The van der Waals surface area contributed by atoms with Crippen LogP contribution in [0, 0.1) is 0 Å². The van der Waals surface area contributed by atoms with Crippen molar-refractivity contribution in [2.24, 2.45) is 0 Å². The molecule has 0 radical (unpaired) electrons. The molecule has 0 amide bonds. The number of ether oxygens (including phenoxy) is 2. The lowest BCUT2D eigenvalue weighted by atomic mass is 9.78. The summed E-state index contributed by atoms with van der Waals surface area (Å²) in [6, 6.07) is 8.53. The van der Waals surface area contributed by atoms with Crippen LogP contribution in [0.4, 0.5) is 0 Å². The van der Waals surface area contributed by atoms with E-state index in [9.17, 15) is 0 Å². The highest BCUT2D eigenvalue weighted by atomic mass is 79.9. The van der Waals surface area contributed by atoms with Gasteiger partial charge in [0.15, 0.2) is 10.0 Å². The second kappa shape index (κ2) is 12.6. The minimum atomic E-state index is -0.248. The van der Waals surface area contributed by atoms with Gasteiger partial charge in [-0.25, -0.2) is 0 Å². The number of hydrogen-bond acceptors (Lipinski definition) is 2. The Kier molecular flexibility index (Phi) is 11.4. The van der Waals surface area contributed by atoms with Gasteiger partial charge in [0.1, 0.15) is 11.5 Å². The summed E-state index contributed by atoms with van der Waals surface area (Å²) in [6.07, 6.45) is 3.98. The van der Waals surface area contributed by atoms with Crippen molar-refractivity contribution in [3.63, 3.8) is 0 Å². The average molecular weight is 814 g/mol. The highest BCUT2D eigenvalue weighted by molar-refractivity contribution is 9.11. The van der Waals surface area contributed by atoms with Gasteiger partial charge in [0, 0.05) is 5.41 Å². The summed E-state index contributed by atoms with van der Waals surface area (Å²) < 4.78 is 15.9. The van der Waals surface area contributed by atoms with Gasteiger partial charge in [-0.3, -0.25) is 0 Å². The molecule has 0 saturated carbocycles. The first-order valence-corrected chi connectivity index (χ1v) is 15.1. The van der Waals surface area contributed by atoms with Gasteiger partial charge in [-0.1, -0.05) is 40.5 Å². The minimum absolute atomic E-state index is 0.0191. The standard InChI is InChI=1S/C23H26Br6O2/c1-5-7-19(28)30-21-15(24)9-13(10-16(21)25)23(3,4)14-11-17(26)22(18(27)12-14)31-20(29)8-6-2/h9-12,19-20H,5-8H2,1-4H3. The number of halogens is 6. The lowest BCUT2D eigenvalue weighted by Gasteiger charge is -2.29. The van der Waals surface area contributed by atoms with Crippen molar-refractivity contribution < 1.29 is 9.47 Å². The van der Waals surface area contributed by atoms with E-state index in [0.29, 0.717) is 0 Å². The Morgan fingerprint density at radius 2 is 0.968 bits per heavy atom. The van der Waals surface area contributed by atoms with Crippen molar-refractivity contribution in [1.82, 2.24) is 0 Å². The molecule has 0 aliphatic rings. The van der Waals surface area contributed by atoms with Crippen LogP contribution in [-0.4, -0.2) is 10.0 Å². The summed E-state index contributed by atoms with van der Waals surface area (Å²) in [5, 5.41) is -0.0382. The van der Waals surface area contributed by atoms with Crippen LogP contribution >= 0.6 is 95.6 Å². The van der Waals surface area contributed by atoms with Gasteiger partial charge in [-0.15, -0.1) is 0 Å². The zero-order valence-corrected chi connectivity index (χ0v) is 27.4. The predicted molar refractivity (Wildman–Crippen MR) is 152 cm³/mol. The third-order valence-corrected chi connectivity index (χ3v) is 8.61.